The highest BCUT2D eigenvalue weighted by Gasteiger charge is 2.22. The standard InChI is InChI=1S/C21H25N3O3/c1-3-16-8-6-7-11-24(16)17-12-15(13-22-14-17)20(25)23-19-10-5-4-9-18(19)21(26)27-2/h4-5,9-10,12-14,16H,3,6-8,11H2,1-2H3,(H,23,25). The zero-order chi connectivity index (χ0) is 19.2. The maximum absolute atomic E-state index is 12.7. The molecule has 3 rings (SSSR count). The minimum atomic E-state index is -0.489. The molecule has 2 heterocycles. The molecule has 1 fully saturated rings. The third-order valence-corrected chi connectivity index (χ3v) is 5.00. The van der Waals surface area contributed by atoms with Crippen molar-refractivity contribution in [2.24, 2.45) is 0 Å². The smallest absolute Gasteiger partial charge is 0.339 e. The molecule has 1 amide bonds. The molecule has 1 aliphatic rings. The molecule has 1 saturated heterocycles. The number of esters is 1. The number of para-hydroxylation sites is 1. The number of rotatable bonds is 5. The molecule has 27 heavy (non-hydrogen) atoms. The van der Waals surface area contributed by atoms with E-state index in [9.17, 15) is 9.59 Å². The van der Waals surface area contributed by atoms with Crippen molar-refractivity contribution in [2.45, 2.75) is 38.6 Å². The maximum atomic E-state index is 12.7. The van der Waals surface area contributed by atoms with E-state index in [0.29, 0.717) is 22.9 Å². The summed E-state index contributed by atoms with van der Waals surface area (Å²) < 4.78 is 4.78. The number of piperidine rings is 1. The first-order valence-electron chi connectivity index (χ1n) is 9.34. The fourth-order valence-corrected chi connectivity index (χ4v) is 3.55. The van der Waals surface area contributed by atoms with Crippen LogP contribution in [0.5, 0.6) is 0 Å². The quantitative estimate of drug-likeness (QED) is 0.812. The summed E-state index contributed by atoms with van der Waals surface area (Å²) in [6.07, 6.45) is 7.99. The molecule has 6 nitrogen and oxygen atoms in total. The summed E-state index contributed by atoms with van der Waals surface area (Å²) in [6, 6.07) is 9.15. The number of anilines is 2. The number of methoxy groups -OCH3 is 1. The molecule has 6 heteroatoms. The van der Waals surface area contributed by atoms with Gasteiger partial charge in [-0.15, -0.1) is 0 Å². The number of benzene rings is 1. The van der Waals surface area contributed by atoms with E-state index in [1.54, 1.807) is 30.5 Å². The predicted molar refractivity (Wildman–Crippen MR) is 105 cm³/mol. The molecule has 0 aliphatic carbocycles. The van der Waals surface area contributed by atoms with Crippen molar-refractivity contribution in [3.8, 4) is 0 Å². The Labute approximate surface area is 159 Å². The molecule has 2 aromatic rings. The van der Waals surface area contributed by atoms with Gasteiger partial charge < -0.3 is 15.0 Å². The van der Waals surface area contributed by atoms with Crippen LogP contribution in [0.4, 0.5) is 11.4 Å². The van der Waals surface area contributed by atoms with Crippen LogP contribution in [0.3, 0.4) is 0 Å². The molecule has 0 radical (unpaired) electrons. The number of amides is 1. The van der Waals surface area contributed by atoms with Crippen LogP contribution in [-0.4, -0.2) is 36.6 Å². The van der Waals surface area contributed by atoms with E-state index in [1.807, 2.05) is 12.3 Å². The largest absolute Gasteiger partial charge is 0.465 e. The number of hydrogen-bond acceptors (Lipinski definition) is 5. The second-order valence-electron chi connectivity index (χ2n) is 6.67. The van der Waals surface area contributed by atoms with Crippen molar-refractivity contribution in [1.82, 2.24) is 4.98 Å². The zero-order valence-corrected chi connectivity index (χ0v) is 15.8. The Hall–Kier alpha value is -2.89. The van der Waals surface area contributed by atoms with Crippen molar-refractivity contribution >= 4 is 23.3 Å². The third-order valence-electron chi connectivity index (χ3n) is 5.00. The Morgan fingerprint density at radius 2 is 2.07 bits per heavy atom. The molecule has 0 spiro atoms. The Morgan fingerprint density at radius 3 is 2.85 bits per heavy atom. The summed E-state index contributed by atoms with van der Waals surface area (Å²) in [7, 11) is 1.32. The van der Waals surface area contributed by atoms with Gasteiger partial charge in [0, 0.05) is 18.8 Å². The lowest BCUT2D eigenvalue weighted by molar-refractivity contribution is 0.0602. The zero-order valence-electron chi connectivity index (χ0n) is 15.8. The van der Waals surface area contributed by atoms with Gasteiger partial charge in [0.25, 0.3) is 5.91 Å². The molecule has 1 unspecified atom stereocenters. The average Bonchev–Trinajstić information content (AvgIpc) is 2.73. The van der Waals surface area contributed by atoms with Crippen LogP contribution in [0.2, 0.25) is 0 Å². The minimum absolute atomic E-state index is 0.300. The van der Waals surface area contributed by atoms with Crippen molar-refractivity contribution < 1.29 is 14.3 Å². The molecule has 1 atom stereocenters. The van der Waals surface area contributed by atoms with Crippen LogP contribution in [0.25, 0.3) is 0 Å². The molecular weight excluding hydrogens is 342 g/mol. The Bertz CT molecular complexity index is 822. The fraction of sp³-hybridized carbons (Fsp3) is 0.381. The van der Waals surface area contributed by atoms with Gasteiger partial charge in [-0.1, -0.05) is 19.1 Å². The summed E-state index contributed by atoms with van der Waals surface area (Å²) in [5, 5.41) is 2.80. The molecule has 0 saturated carbocycles. The lowest BCUT2D eigenvalue weighted by atomic mass is 9.99. The molecular formula is C21H25N3O3. The van der Waals surface area contributed by atoms with E-state index < -0.39 is 5.97 Å². The topological polar surface area (TPSA) is 71.5 Å². The second-order valence-corrected chi connectivity index (χ2v) is 6.67. The second kappa shape index (κ2) is 8.66. The number of carbonyl (C=O) groups is 2. The molecule has 1 aliphatic heterocycles. The van der Waals surface area contributed by atoms with Crippen molar-refractivity contribution in [3.63, 3.8) is 0 Å². The summed E-state index contributed by atoms with van der Waals surface area (Å²) in [4.78, 5) is 31.2. The highest BCUT2D eigenvalue weighted by atomic mass is 16.5. The molecule has 1 aromatic carbocycles. The van der Waals surface area contributed by atoms with Crippen LogP contribution in [0.15, 0.2) is 42.7 Å². The van der Waals surface area contributed by atoms with Gasteiger partial charge in [-0.2, -0.15) is 0 Å². The number of hydrogen-bond donors (Lipinski definition) is 1. The first-order chi connectivity index (χ1) is 13.1. The summed E-state index contributed by atoms with van der Waals surface area (Å²) in [5.74, 6) is -0.789. The number of aromatic nitrogens is 1. The Kier molecular flexibility index (Phi) is 6.06. The molecule has 1 N–H and O–H groups in total. The van der Waals surface area contributed by atoms with Gasteiger partial charge in [-0.25, -0.2) is 4.79 Å². The van der Waals surface area contributed by atoms with Crippen LogP contribution in [0.1, 0.15) is 53.3 Å². The van der Waals surface area contributed by atoms with Crippen LogP contribution in [0, 0.1) is 0 Å². The Morgan fingerprint density at radius 1 is 1.26 bits per heavy atom. The molecule has 0 bridgehead atoms. The SMILES string of the molecule is CCC1CCCCN1c1cncc(C(=O)Nc2ccccc2C(=O)OC)c1. The molecule has 1 aromatic heterocycles. The molecule has 142 valence electrons. The Balaban J connectivity index is 1.81. The van der Waals surface area contributed by atoms with E-state index in [0.717, 1.165) is 25.1 Å². The van der Waals surface area contributed by atoms with Crippen molar-refractivity contribution in [2.75, 3.05) is 23.9 Å². The number of nitrogens with one attached hydrogen (secondary N) is 1. The number of nitrogens with zero attached hydrogens (tertiary/aromatic N) is 2. The normalized spacial score (nSPS) is 16.7. The fourth-order valence-electron chi connectivity index (χ4n) is 3.55. The first-order valence-corrected chi connectivity index (χ1v) is 9.34. The number of carbonyl (C=O) groups excluding carboxylic acids is 2. The monoisotopic (exact) mass is 367 g/mol. The van der Waals surface area contributed by atoms with Gasteiger partial charge in [-0.05, 0) is 43.9 Å². The van der Waals surface area contributed by atoms with E-state index in [-0.39, 0.29) is 5.91 Å². The van der Waals surface area contributed by atoms with Gasteiger partial charge in [0.05, 0.1) is 35.8 Å². The van der Waals surface area contributed by atoms with Crippen LogP contribution < -0.4 is 10.2 Å². The van der Waals surface area contributed by atoms with E-state index in [4.69, 9.17) is 4.74 Å². The summed E-state index contributed by atoms with van der Waals surface area (Å²) in [5.41, 5.74) is 2.17. The van der Waals surface area contributed by atoms with Gasteiger partial charge >= 0.3 is 5.97 Å². The lowest BCUT2D eigenvalue weighted by Gasteiger charge is -2.37. The summed E-state index contributed by atoms with van der Waals surface area (Å²) in [6.45, 7) is 3.17. The van der Waals surface area contributed by atoms with Gasteiger partial charge in [0.2, 0.25) is 0 Å². The average molecular weight is 367 g/mol. The minimum Gasteiger partial charge on any atom is -0.465 e. The van der Waals surface area contributed by atoms with Crippen LogP contribution >= 0.6 is 0 Å². The van der Waals surface area contributed by atoms with E-state index >= 15 is 0 Å². The highest BCUT2D eigenvalue weighted by Crippen LogP contribution is 2.27. The summed E-state index contributed by atoms with van der Waals surface area (Å²) >= 11 is 0. The highest BCUT2D eigenvalue weighted by molar-refractivity contribution is 6.08. The lowest BCUT2D eigenvalue weighted by Crippen LogP contribution is -2.39. The van der Waals surface area contributed by atoms with Crippen molar-refractivity contribution in [3.05, 3.63) is 53.9 Å². The number of ether oxygens (including phenoxy) is 1. The van der Waals surface area contributed by atoms with E-state index in [1.165, 1.54) is 20.0 Å². The van der Waals surface area contributed by atoms with Crippen LogP contribution in [-0.2, 0) is 4.74 Å². The maximum Gasteiger partial charge on any atom is 0.339 e. The van der Waals surface area contributed by atoms with Gasteiger partial charge in [-0.3, -0.25) is 9.78 Å². The van der Waals surface area contributed by atoms with E-state index in [2.05, 4.69) is 22.1 Å². The van der Waals surface area contributed by atoms with Crippen molar-refractivity contribution in [1.29, 1.82) is 0 Å². The van der Waals surface area contributed by atoms with Gasteiger partial charge in [0.15, 0.2) is 0 Å². The number of pyridine rings is 1. The first kappa shape index (κ1) is 18.9. The third kappa shape index (κ3) is 4.27. The van der Waals surface area contributed by atoms with Gasteiger partial charge in [0.1, 0.15) is 0 Å². The predicted octanol–water partition coefficient (Wildman–Crippen LogP) is 3.89.